The molecule has 0 unspecified atom stereocenters. The molecule has 1 amide bonds. The summed E-state index contributed by atoms with van der Waals surface area (Å²) >= 11 is 0. The molecule has 0 saturated heterocycles. The summed E-state index contributed by atoms with van der Waals surface area (Å²) in [5.41, 5.74) is 0. The Hall–Kier alpha value is -1.39. The van der Waals surface area contributed by atoms with E-state index in [9.17, 15) is 14.4 Å². The monoisotopic (exact) mass is 229 g/mol. The lowest BCUT2D eigenvalue weighted by molar-refractivity contribution is -0.143. The van der Waals surface area contributed by atoms with Crippen LogP contribution in [0.15, 0.2) is 0 Å². The lowest BCUT2D eigenvalue weighted by atomic mass is 10.2. The van der Waals surface area contributed by atoms with Gasteiger partial charge in [-0.2, -0.15) is 0 Å². The van der Waals surface area contributed by atoms with E-state index in [0.717, 1.165) is 0 Å². The third-order valence-electron chi connectivity index (χ3n) is 1.97. The number of carbonyl (C=O) groups excluding carboxylic acids is 3. The third-order valence-corrected chi connectivity index (χ3v) is 1.97. The zero-order chi connectivity index (χ0) is 12.4. The molecule has 5 nitrogen and oxygen atoms in total. The van der Waals surface area contributed by atoms with Gasteiger partial charge in [0.2, 0.25) is 5.78 Å². The first-order valence-electron chi connectivity index (χ1n) is 5.58. The molecule has 5 heteroatoms. The molecular weight excluding hydrogens is 210 g/mol. The Morgan fingerprint density at radius 3 is 2.38 bits per heavy atom. The Morgan fingerprint density at radius 1 is 1.12 bits per heavy atom. The maximum Gasteiger partial charge on any atom is 0.305 e. The molecule has 92 valence electrons. The second-order valence-electron chi connectivity index (χ2n) is 3.29. The molecule has 0 aliphatic rings. The lowest BCUT2D eigenvalue weighted by Gasteiger charge is -2.03. The minimum Gasteiger partial charge on any atom is -0.466 e. The lowest BCUT2D eigenvalue weighted by Crippen LogP contribution is -2.31. The van der Waals surface area contributed by atoms with E-state index in [4.69, 9.17) is 4.74 Å². The van der Waals surface area contributed by atoms with Crippen LogP contribution in [0.4, 0.5) is 0 Å². The fourth-order valence-corrected chi connectivity index (χ4v) is 1.09. The quantitative estimate of drug-likeness (QED) is 0.380. The molecule has 0 aromatic heterocycles. The highest BCUT2D eigenvalue weighted by Gasteiger charge is 2.09. The highest BCUT2D eigenvalue weighted by Crippen LogP contribution is 1.96. The number of hydrogen-bond donors (Lipinski definition) is 1. The molecule has 0 spiro atoms. The van der Waals surface area contributed by atoms with Crippen molar-refractivity contribution in [2.45, 2.75) is 39.5 Å². The Balaban J connectivity index is 3.43. The van der Waals surface area contributed by atoms with E-state index in [1.165, 1.54) is 0 Å². The normalized spacial score (nSPS) is 9.62. The summed E-state index contributed by atoms with van der Waals surface area (Å²) in [6, 6.07) is 0. The summed E-state index contributed by atoms with van der Waals surface area (Å²) in [4.78, 5) is 32.8. The SMILES string of the molecule is CCOC(=O)CCCCNC(=O)C(=O)CC. The number of ketones is 1. The van der Waals surface area contributed by atoms with E-state index in [2.05, 4.69) is 5.32 Å². The van der Waals surface area contributed by atoms with Gasteiger partial charge in [-0.3, -0.25) is 14.4 Å². The predicted molar refractivity (Wildman–Crippen MR) is 58.8 cm³/mol. The van der Waals surface area contributed by atoms with Crippen LogP contribution in [0.2, 0.25) is 0 Å². The number of hydrogen-bond acceptors (Lipinski definition) is 4. The summed E-state index contributed by atoms with van der Waals surface area (Å²) in [6.07, 6.45) is 1.89. The first-order chi connectivity index (χ1) is 7.61. The smallest absolute Gasteiger partial charge is 0.305 e. The van der Waals surface area contributed by atoms with Gasteiger partial charge in [-0.25, -0.2) is 0 Å². The van der Waals surface area contributed by atoms with E-state index in [1.54, 1.807) is 13.8 Å². The van der Waals surface area contributed by atoms with Crippen molar-refractivity contribution in [2.75, 3.05) is 13.2 Å². The van der Waals surface area contributed by atoms with Crippen molar-refractivity contribution in [3.63, 3.8) is 0 Å². The molecule has 0 aliphatic heterocycles. The van der Waals surface area contributed by atoms with Crippen LogP contribution in [0.1, 0.15) is 39.5 Å². The van der Waals surface area contributed by atoms with E-state index in [-0.39, 0.29) is 12.4 Å². The predicted octanol–water partition coefficient (Wildman–Crippen LogP) is 0.815. The van der Waals surface area contributed by atoms with Gasteiger partial charge in [-0.1, -0.05) is 6.92 Å². The molecule has 0 saturated carbocycles. The van der Waals surface area contributed by atoms with Crippen molar-refractivity contribution < 1.29 is 19.1 Å². The van der Waals surface area contributed by atoms with Gasteiger partial charge in [-0.05, 0) is 19.8 Å². The van der Waals surface area contributed by atoms with E-state index < -0.39 is 11.7 Å². The molecule has 0 bridgehead atoms. The summed E-state index contributed by atoms with van der Waals surface area (Å²) in [5.74, 6) is -1.18. The summed E-state index contributed by atoms with van der Waals surface area (Å²) in [5, 5.41) is 2.50. The first kappa shape index (κ1) is 14.6. The van der Waals surface area contributed by atoms with Crippen molar-refractivity contribution in [2.24, 2.45) is 0 Å². The van der Waals surface area contributed by atoms with Gasteiger partial charge in [0.1, 0.15) is 0 Å². The molecule has 1 N–H and O–H groups in total. The molecule has 16 heavy (non-hydrogen) atoms. The van der Waals surface area contributed by atoms with Crippen molar-refractivity contribution in [3.8, 4) is 0 Å². The molecule has 0 heterocycles. The van der Waals surface area contributed by atoms with Crippen molar-refractivity contribution in [3.05, 3.63) is 0 Å². The van der Waals surface area contributed by atoms with Crippen LogP contribution in [0.25, 0.3) is 0 Å². The highest BCUT2D eigenvalue weighted by atomic mass is 16.5. The van der Waals surface area contributed by atoms with Gasteiger partial charge in [0.15, 0.2) is 0 Å². The number of Topliss-reactive ketones (excluding diaryl/α,β-unsaturated/α-hetero) is 1. The number of unbranched alkanes of at least 4 members (excludes halogenated alkanes) is 1. The molecule has 0 aromatic rings. The van der Waals surface area contributed by atoms with Crippen LogP contribution in [0, 0.1) is 0 Å². The van der Waals surface area contributed by atoms with Crippen LogP contribution < -0.4 is 5.32 Å². The van der Waals surface area contributed by atoms with Crippen LogP contribution in [-0.2, 0) is 19.1 Å². The molecule has 0 aliphatic carbocycles. The maximum atomic E-state index is 11.0. The van der Waals surface area contributed by atoms with Gasteiger partial charge in [0.05, 0.1) is 6.61 Å². The van der Waals surface area contributed by atoms with Gasteiger partial charge >= 0.3 is 5.97 Å². The molecular formula is C11H19NO4. The van der Waals surface area contributed by atoms with Gasteiger partial charge in [0, 0.05) is 19.4 Å². The number of carbonyl (C=O) groups is 3. The minimum absolute atomic E-state index is 0.217. The number of esters is 1. The second-order valence-corrected chi connectivity index (χ2v) is 3.29. The number of ether oxygens (including phenoxy) is 1. The van der Waals surface area contributed by atoms with Gasteiger partial charge in [0.25, 0.3) is 5.91 Å². The zero-order valence-electron chi connectivity index (χ0n) is 9.88. The number of amides is 1. The maximum absolute atomic E-state index is 11.0. The Labute approximate surface area is 95.5 Å². The Morgan fingerprint density at radius 2 is 1.81 bits per heavy atom. The van der Waals surface area contributed by atoms with Crippen LogP contribution in [0.3, 0.4) is 0 Å². The van der Waals surface area contributed by atoms with Crippen molar-refractivity contribution in [1.82, 2.24) is 5.32 Å². The Kier molecular flexibility index (Phi) is 8.11. The largest absolute Gasteiger partial charge is 0.466 e. The topological polar surface area (TPSA) is 72.5 Å². The summed E-state index contributed by atoms with van der Waals surface area (Å²) in [6.45, 7) is 4.21. The molecule has 0 aromatic carbocycles. The first-order valence-corrected chi connectivity index (χ1v) is 5.58. The standard InChI is InChI=1S/C11H19NO4/c1-3-9(13)11(15)12-8-6-5-7-10(14)16-4-2/h3-8H2,1-2H3,(H,12,15). The molecule has 0 rings (SSSR count). The van der Waals surface area contributed by atoms with E-state index in [1.807, 2.05) is 0 Å². The van der Waals surface area contributed by atoms with E-state index >= 15 is 0 Å². The third kappa shape index (κ3) is 6.98. The summed E-state index contributed by atoms with van der Waals surface area (Å²) in [7, 11) is 0. The average molecular weight is 229 g/mol. The molecule has 0 fully saturated rings. The number of rotatable bonds is 8. The van der Waals surface area contributed by atoms with Crippen molar-refractivity contribution in [1.29, 1.82) is 0 Å². The molecule has 0 atom stereocenters. The van der Waals surface area contributed by atoms with Crippen LogP contribution in [-0.4, -0.2) is 30.8 Å². The van der Waals surface area contributed by atoms with Crippen LogP contribution >= 0.6 is 0 Å². The second kappa shape index (κ2) is 8.88. The highest BCUT2D eigenvalue weighted by molar-refractivity contribution is 6.36. The molecule has 0 radical (unpaired) electrons. The summed E-state index contributed by atoms with van der Waals surface area (Å²) < 4.78 is 4.74. The Bertz CT molecular complexity index is 250. The fourth-order valence-electron chi connectivity index (χ4n) is 1.09. The zero-order valence-corrected chi connectivity index (χ0v) is 9.88. The van der Waals surface area contributed by atoms with E-state index in [0.29, 0.717) is 32.4 Å². The van der Waals surface area contributed by atoms with Gasteiger partial charge < -0.3 is 10.1 Å². The fraction of sp³-hybridized carbons (Fsp3) is 0.727. The van der Waals surface area contributed by atoms with Crippen LogP contribution in [0.5, 0.6) is 0 Å². The van der Waals surface area contributed by atoms with Crippen molar-refractivity contribution >= 4 is 17.7 Å². The minimum atomic E-state index is -0.543. The number of nitrogens with one attached hydrogen (secondary N) is 1. The van der Waals surface area contributed by atoms with Gasteiger partial charge in [-0.15, -0.1) is 0 Å². The average Bonchev–Trinajstić information content (AvgIpc) is 2.27.